The van der Waals surface area contributed by atoms with E-state index in [1.807, 2.05) is 18.7 Å². The number of hydrogen-bond acceptors (Lipinski definition) is 2. The maximum Gasteiger partial charge on any atom is 0.417 e. The summed E-state index contributed by atoms with van der Waals surface area (Å²) in [6.07, 6.45) is -9.59. The molecule has 0 aliphatic heterocycles. The lowest BCUT2D eigenvalue weighted by atomic mass is 9.90. The standard InChI is InChI=1S/C24H23Cl2F6NO/c1-3-5-33(6-4-2)12-21(34)16-8-13-7-14(23(27,28)29)9-18(24(30,31)32)22(13)17-11-20(26)19(25)10-15(16)17/h7-11,21,34H,3-6,12H2,1-2H3/t21-/m0/s1. The summed E-state index contributed by atoms with van der Waals surface area (Å²) in [6, 6.07) is 4.51. The maximum absolute atomic E-state index is 13.9. The van der Waals surface area contributed by atoms with Crippen molar-refractivity contribution in [1.82, 2.24) is 4.90 Å². The van der Waals surface area contributed by atoms with Crippen LogP contribution < -0.4 is 0 Å². The molecule has 1 N–H and O–H groups in total. The fraction of sp³-hybridized carbons (Fsp3) is 0.417. The first-order chi connectivity index (χ1) is 15.8. The zero-order chi connectivity index (χ0) is 25.4. The van der Waals surface area contributed by atoms with Gasteiger partial charge in [-0.3, -0.25) is 0 Å². The van der Waals surface area contributed by atoms with Crippen LogP contribution in [0.1, 0.15) is 49.5 Å². The zero-order valence-electron chi connectivity index (χ0n) is 18.4. The summed E-state index contributed by atoms with van der Waals surface area (Å²) in [4.78, 5) is 1.99. The summed E-state index contributed by atoms with van der Waals surface area (Å²) >= 11 is 12.2. The summed E-state index contributed by atoms with van der Waals surface area (Å²) in [5, 5.41) is 10.5. The molecule has 3 aromatic carbocycles. The van der Waals surface area contributed by atoms with Crippen LogP contribution in [0, 0.1) is 0 Å². The molecule has 0 radical (unpaired) electrons. The first-order valence-electron chi connectivity index (χ1n) is 10.7. The second kappa shape index (κ2) is 10.1. The van der Waals surface area contributed by atoms with Crippen molar-refractivity contribution in [2.24, 2.45) is 0 Å². The van der Waals surface area contributed by atoms with Crippen LogP contribution in [0.15, 0.2) is 30.3 Å². The highest BCUT2D eigenvalue weighted by atomic mass is 35.5. The van der Waals surface area contributed by atoms with Crippen LogP contribution in [-0.4, -0.2) is 29.6 Å². The van der Waals surface area contributed by atoms with Gasteiger partial charge in [0, 0.05) is 11.9 Å². The van der Waals surface area contributed by atoms with Gasteiger partial charge in [0.15, 0.2) is 0 Å². The molecule has 0 bridgehead atoms. The van der Waals surface area contributed by atoms with Crippen LogP contribution in [0.3, 0.4) is 0 Å². The van der Waals surface area contributed by atoms with E-state index in [4.69, 9.17) is 23.2 Å². The lowest BCUT2D eigenvalue weighted by Gasteiger charge is -2.26. The Balaban J connectivity index is 2.38. The summed E-state index contributed by atoms with van der Waals surface area (Å²) in [7, 11) is 0. The Morgan fingerprint density at radius 3 is 1.88 bits per heavy atom. The molecular formula is C24H23Cl2F6NO. The van der Waals surface area contributed by atoms with E-state index < -0.39 is 35.0 Å². The molecule has 2 nitrogen and oxygen atoms in total. The molecule has 1 atom stereocenters. The molecule has 0 fully saturated rings. The van der Waals surface area contributed by atoms with E-state index in [0.717, 1.165) is 12.8 Å². The number of benzene rings is 3. The molecule has 10 heteroatoms. The average Bonchev–Trinajstić information content (AvgIpc) is 2.72. The quantitative estimate of drug-likeness (QED) is 0.247. The molecule has 186 valence electrons. The molecule has 0 saturated heterocycles. The van der Waals surface area contributed by atoms with Crippen molar-refractivity contribution in [2.75, 3.05) is 19.6 Å². The minimum absolute atomic E-state index is 0.0282. The van der Waals surface area contributed by atoms with Gasteiger partial charge in [0.2, 0.25) is 0 Å². The molecule has 0 aromatic heterocycles. The van der Waals surface area contributed by atoms with Gasteiger partial charge in [-0.05, 0) is 78.0 Å². The van der Waals surface area contributed by atoms with Crippen LogP contribution in [0.2, 0.25) is 10.0 Å². The van der Waals surface area contributed by atoms with Crippen LogP contribution in [0.25, 0.3) is 21.5 Å². The van der Waals surface area contributed by atoms with Gasteiger partial charge in [-0.15, -0.1) is 0 Å². The minimum Gasteiger partial charge on any atom is -0.387 e. The Kier molecular flexibility index (Phi) is 7.97. The number of aliphatic hydroxyl groups excluding tert-OH is 1. The van der Waals surface area contributed by atoms with E-state index in [0.29, 0.717) is 19.2 Å². The van der Waals surface area contributed by atoms with Gasteiger partial charge in [0.05, 0.1) is 27.3 Å². The topological polar surface area (TPSA) is 23.5 Å². The lowest BCUT2D eigenvalue weighted by Crippen LogP contribution is -2.30. The largest absolute Gasteiger partial charge is 0.417 e. The Bertz CT molecular complexity index is 1190. The summed E-state index contributed by atoms with van der Waals surface area (Å²) in [5.74, 6) is 0. The van der Waals surface area contributed by atoms with E-state index in [1.165, 1.54) is 18.2 Å². The number of nitrogens with zero attached hydrogens (tertiary/aromatic N) is 1. The minimum atomic E-state index is -5.06. The average molecular weight is 526 g/mol. The molecular weight excluding hydrogens is 503 g/mol. The van der Waals surface area contributed by atoms with Gasteiger partial charge in [-0.1, -0.05) is 37.0 Å². The summed E-state index contributed by atoms with van der Waals surface area (Å²) in [5.41, 5.74) is -2.67. The number of fused-ring (bicyclic) bond motifs is 3. The molecule has 0 amide bonds. The third-order valence-corrected chi connectivity index (χ3v) is 6.35. The molecule has 0 aliphatic carbocycles. The second-order valence-corrected chi connectivity index (χ2v) is 9.03. The Labute approximate surface area is 203 Å². The number of halogens is 8. The first-order valence-corrected chi connectivity index (χ1v) is 11.5. The Morgan fingerprint density at radius 2 is 1.38 bits per heavy atom. The highest BCUT2D eigenvalue weighted by Crippen LogP contribution is 2.45. The van der Waals surface area contributed by atoms with Crippen molar-refractivity contribution in [3.8, 4) is 0 Å². The number of aliphatic hydroxyl groups is 1. The lowest BCUT2D eigenvalue weighted by molar-refractivity contribution is -0.142. The molecule has 34 heavy (non-hydrogen) atoms. The monoisotopic (exact) mass is 525 g/mol. The Hall–Kier alpha value is -1.74. The van der Waals surface area contributed by atoms with E-state index in [-0.39, 0.29) is 44.4 Å². The van der Waals surface area contributed by atoms with E-state index >= 15 is 0 Å². The molecule has 3 rings (SSSR count). The van der Waals surface area contributed by atoms with Crippen molar-refractivity contribution in [2.45, 2.75) is 45.1 Å². The highest BCUT2D eigenvalue weighted by Gasteiger charge is 2.39. The van der Waals surface area contributed by atoms with Gasteiger partial charge < -0.3 is 10.0 Å². The molecule has 3 aromatic rings. The summed E-state index contributed by atoms with van der Waals surface area (Å²) < 4.78 is 82.1. The van der Waals surface area contributed by atoms with Gasteiger partial charge in [0.1, 0.15) is 0 Å². The molecule has 0 spiro atoms. The van der Waals surface area contributed by atoms with Gasteiger partial charge >= 0.3 is 12.4 Å². The van der Waals surface area contributed by atoms with Crippen LogP contribution in [0.4, 0.5) is 26.3 Å². The first kappa shape index (κ1) is 26.9. The molecule has 0 unspecified atom stereocenters. The molecule has 0 aliphatic rings. The third-order valence-electron chi connectivity index (χ3n) is 5.62. The molecule has 0 heterocycles. The predicted octanol–water partition coefficient (Wildman–Crippen LogP) is 8.49. The predicted molar refractivity (Wildman–Crippen MR) is 123 cm³/mol. The fourth-order valence-electron chi connectivity index (χ4n) is 4.25. The van der Waals surface area contributed by atoms with Crippen LogP contribution in [-0.2, 0) is 12.4 Å². The fourth-order valence-corrected chi connectivity index (χ4v) is 4.58. The normalized spacial score (nSPS) is 13.9. The van der Waals surface area contributed by atoms with Crippen molar-refractivity contribution in [3.05, 3.63) is 57.1 Å². The van der Waals surface area contributed by atoms with Crippen LogP contribution in [0.5, 0.6) is 0 Å². The molecule has 0 saturated carbocycles. The zero-order valence-corrected chi connectivity index (χ0v) is 19.9. The van der Waals surface area contributed by atoms with Crippen molar-refractivity contribution >= 4 is 44.7 Å². The third kappa shape index (κ3) is 5.56. The summed E-state index contributed by atoms with van der Waals surface area (Å²) in [6.45, 7) is 5.46. The van der Waals surface area contributed by atoms with Gasteiger partial charge in [-0.2, -0.15) is 26.3 Å². The second-order valence-electron chi connectivity index (χ2n) is 8.21. The Morgan fingerprint density at radius 1 is 0.824 bits per heavy atom. The number of alkyl halides is 6. The van der Waals surface area contributed by atoms with E-state index in [1.54, 1.807) is 0 Å². The van der Waals surface area contributed by atoms with Crippen molar-refractivity contribution in [3.63, 3.8) is 0 Å². The SMILES string of the molecule is CCCN(CCC)C[C@H](O)c1cc2cc(C(F)(F)F)cc(C(F)(F)F)c2c2cc(Cl)c(Cl)cc12. The number of hydrogen-bond donors (Lipinski definition) is 1. The van der Waals surface area contributed by atoms with Crippen molar-refractivity contribution in [1.29, 1.82) is 0 Å². The van der Waals surface area contributed by atoms with Gasteiger partial charge in [-0.25, -0.2) is 0 Å². The maximum atomic E-state index is 13.9. The van der Waals surface area contributed by atoms with Crippen LogP contribution >= 0.6 is 23.2 Å². The number of rotatable bonds is 7. The van der Waals surface area contributed by atoms with Gasteiger partial charge in [0.25, 0.3) is 0 Å². The van der Waals surface area contributed by atoms with Crippen molar-refractivity contribution < 1.29 is 31.4 Å². The highest BCUT2D eigenvalue weighted by molar-refractivity contribution is 6.43. The van der Waals surface area contributed by atoms with E-state index in [9.17, 15) is 31.4 Å². The van der Waals surface area contributed by atoms with E-state index in [2.05, 4.69) is 0 Å². The smallest absolute Gasteiger partial charge is 0.387 e.